The number of likely N-dealkylation sites (tertiary alicyclic amines) is 1. The van der Waals surface area contributed by atoms with Crippen LogP contribution in [-0.4, -0.2) is 52.5 Å². The Kier molecular flexibility index (Phi) is 4.01. The molecule has 2 atom stereocenters. The number of carbonyl (C=O) groups is 1. The Balaban J connectivity index is 1.77. The molecule has 2 aromatic rings. The van der Waals surface area contributed by atoms with Crippen LogP contribution in [0.4, 0.5) is 5.82 Å². The Morgan fingerprint density at radius 1 is 1.23 bits per heavy atom. The standard InChI is InChI=1S/C19H23N5O2/c1-12(25)23-9-13-6-15(11-23)16-7-14(8-18(26)24(16)10-13)19-20-5-4-17(21-19)22(2)3/h4-5,7-8,13,15H,6,9-11H2,1-3H3/t13-,15+/m0/s1. The van der Waals surface area contributed by atoms with Crippen LogP contribution in [0.1, 0.15) is 25.0 Å². The molecule has 1 amide bonds. The molecule has 2 aromatic heterocycles. The summed E-state index contributed by atoms with van der Waals surface area (Å²) in [5.74, 6) is 2.00. The summed E-state index contributed by atoms with van der Waals surface area (Å²) in [5, 5.41) is 0. The van der Waals surface area contributed by atoms with Gasteiger partial charge in [-0.05, 0) is 24.5 Å². The SMILES string of the molecule is CC(=O)N1C[C@@H]2C[C@H](C1)c1cc(-c3nccc(N(C)C)n3)cc(=O)n1C2. The molecule has 0 spiro atoms. The quantitative estimate of drug-likeness (QED) is 0.815. The molecule has 4 heterocycles. The number of carbonyl (C=O) groups excluding carboxylic acids is 1. The first-order valence-electron chi connectivity index (χ1n) is 8.93. The van der Waals surface area contributed by atoms with Gasteiger partial charge in [-0.3, -0.25) is 9.59 Å². The molecule has 4 rings (SSSR count). The molecule has 1 fully saturated rings. The highest BCUT2D eigenvalue weighted by atomic mass is 16.2. The number of hydrogen-bond acceptors (Lipinski definition) is 5. The molecule has 0 unspecified atom stereocenters. The van der Waals surface area contributed by atoms with Crippen molar-refractivity contribution in [2.24, 2.45) is 5.92 Å². The first-order chi connectivity index (χ1) is 12.4. The van der Waals surface area contributed by atoms with Crippen molar-refractivity contribution in [3.63, 3.8) is 0 Å². The zero-order valence-corrected chi connectivity index (χ0v) is 15.3. The minimum Gasteiger partial charge on any atom is -0.363 e. The molecule has 1 saturated heterocycles. The molecular weight excluding hydrogens is 330 g/mol. The molecule has 0 aromatic carbocycles. The maximum absolute atomic E-state index is 12.7. The maximum Gasteiger partial charge on any atom is 0.251 e. The van der Waals surface area contributed by atoms with Crippen molar-refractivity contribution in [1.29, 1.82) is 0 Å². The van der Waals surface area contributed by atoms with Crippen LogP contribution < -0.4 is 10.5 Å². The molecule has 2 aliphatic rings. The van der Waals surface area contributed by atoms with Gasteiger partial charge in [-0.15, -0.1) is 0 Å². The van der Waals surface area contributed by atoms with E-state index in [4.69, 9.17) is 0 Å². The van der Waals surface area contributed by atoms with E-state index in [0.717, 1.165) is 30.0 Å². The van der Waals surface area contributed by atoms with E-state index in [1.165, 1.54) is 0 Å². The molecule has 0 aliphatic carbocycles. The van der Waals surface area contributed by atoms with E-state index in [9.17, 15) is 9.59 Å². The number of anilines is 1. The third-order valence-electron chi connectivity index (χ3n) is 5.36. The van der Waals surface area contributed by atoms with Crippen LogP contribution >= 0.6 is 0 Å². The highest BCUT2D eigenvalue weighted by Crippen LogP contribution is 2.36. The monoisotopic (exact) mass is 353 g/mol. The van der Waals surface area contributed by atoms with E-state index in [2.05, 4.69) is 9.97 Å². The molecule has 26 heavy (non-hydrogen) atoms. The fourth-order valence-electron chi connectivity index (χ4n) is 4.08. The summed E-state index contributed by atoms with van der Waals surface area (Å²) >= 11 is 0. The lowest BCUT2D eigenvalue weighted by Gasteiger charge is -2.42. The van der Waals surface area contributed by atoms with Crippen molar-refractivity contribution in [1.82, 2.24) is 19.4 Å². The van der Waals surface area contributed by atoms with Gasteiger partial charge in [-0.25, -0.2) is 9.97 Å². The van der Waals surface area contributed by atoms with Gasteiger partial charge in [0.25, 0.3) is 5.56 Å². The largest absolute Gasteiger partial charge is 0.363 e. The second kappa shape index (κ2) is 6.23. The first-order valence-corrected chi connectivity index (χ1v) is 8.93. The van der Waals surface area contributed by atoms with Crippen molar-refractivity contribution in [2.75, 3.05) is 32.1 Å². The van der Waals surface area contributed by atoms with Crippen molar-refractivity contribution >= 4 is 11.7 Å². The van der Waals surface area contributed by atoms with Crippen LogP contribution in [0.5, 0.6) is 0 Å². The molecule has 0 radical (unpaired) electrons. The molecule has 2 aliphatic heterocycles. The number of pyridine rings is 1. The zero-order valence-electron chi connectivity index (χ0n) is 15.3. The zero-order chi connectivity index (χ0) is 18.4. The van der Waals surface area contributed by atoms with Crippen LogP contribution in [0.2, 0.25) is 0 Å². The molecule has 7 nitrogen and oxygen atoms in total. The van der Waals surface area contributed by atoms with E-state index in [1.54, 1.807) is 19.2 Å². The fourth-order valence-corrected chi connectivity index (χ4v) is 4.08. The van der Waals surface area contributed by atoms with Gasteiger partial charge >= 0.3 is 0 Å². The minimum atomic E-state index is -0.0117. The second-order valence-electron chi connectivity index (χ2n) is 7.47. The average molecular weight is 353 g/mol. The van der Waals surface area contributed by atoms with Gasteiger partial charge in [-0.1, -0.05) is 0 Å². The Morgan fingerprint density at radius 3 is 2.77 bits per heavy atom. The van der Waals surface area contributed by atoms with Gasteiger partial charge in [0.15, 0.2) is 5.82 Å². The molecular formula is C19H23N5O2. The first kappa shape index (κ1) is 16.8. The van der Waals surface area contributed by atoms with Gasteiger partial charge in [0, 0.05) is 70.1 Å². The molecule has 136 valence electrons. The smallest absolute Gasteiger partial charge is 0.251 e. The van der Waals surface area contributed by atoms with E-state index < -0.39 is 0 Å². The van der Waals surface area contributed by atoms with Gasteiger partial charge in [-0.2, -0.15) is 0 Å². The lowest BCUT2D eigenvalue weighted by molar-refractivity contribution is -0.131. The van der Waals surface area contributed by atoms with Crippen LogP contribution in [0.15, 0.2) is 29.2 Å². The van der Waals surface area contributed by atoms with Crippen LogP contribution in [0, 0.1) is 5.92 Å². The van der Waals surface area contributed by atoms with Crippen LogP contribution in [-0.2, 0) is 11.3 Å². The highest BCUT2D eigenvalue weighted by Gasteiger charge is 2.35. The van der Waals surface area contributed by atoms with Crippen LogP contribution in [0.3, 0.4) is 0 Å². The normalized spacial score (nSPS) is 21.3. The van der Waals surface area contributed by atoms with Crippen molar-refractivity contribution in [3.05, 3.63) is 40.4 Å². The fraction of sp³-hybridized carbons (Fsp3) is 0.474. The number of hydrogen-bond donors (Lipinski definition) is 0. The highest BCUT2D eigenvalue weighted by molar-refractivity contribution is 5.73. The van der Waals surface area contributed by atoms with Crippen LogP contribution in [0.25, 0.3) is 11.4 Å². The number of piperidine rings is 1. The van der Waals surface area contributed by atoms with E-state index in [0.29, 0.717) is 24.8 Å². The van der Waals surface area contributed by atoms with Crippen molar-refractivity contribution in [2.45, 2.75) is 25.8 Å². The van der Waals surface area contributed by atoms with E-state index in [1.807, 2.05) is 40.6 Å². The lowest BCUT2D eigenvalue weighted by atomic mass is 9.82. The Bertz CT molecular complexity index is 920. The Labute approximate surface area is 152 Å². The maximum atomic E-state index is 12.7. The Morgan fingerprint density at radius 2 is 2.04 bits per heavy atom. The summed E-state index contributed by atoms with van der Waals surface area (Å²) in [6.45, 7) is 3.71. The summed E-state index contributed by atoms with van der Waals surface area (Å²) in [6.07, 6.45) is 2.73. The van der Waals surface area contributed by atoms with Crippen molar-refractivity contribution in [3.8, 4) is 11.4 Å². The number of aromatic nitrogens is 3. The summed E-state index contributed by atoms with van der Waals surface area (Å²) in [6, 6.07) is 5.49. The van der Waals surface area contributed by atoms with Crippen molar-refractivity contribution < 1.29 is 4.79 Å². The van der Waals surface area contributed by atoms with E-state index >= 15 is 0 Å². The lowest BCUT2D eigenvalue weighted by Crippen LogP contribution is -2.48. The van der Waals surface area contributed by atoms with Gasteiger partial charge < -0.3 is 14.4 Å². The van der Waals surface area contributed by atoms with E-state index in [-0.39, 0.29) is 17.4 Å². The van der Waals surface area contributed by atoms with Gasteiger partial charge in [0.2, 0.25) is 5.91 Å². The second-order valence-corrected chi connectivity index (χ2v) is 7.47. The molecule has 0 N–H and O–H groups in total. The number of amides is 1. The third-order valence-corrected chi connectivity index (χ3v) is 5.36. The average Bonchev–Trinajstić information content (AvgIpc) is 2.62. The molecule has 7 heteroatoms. The predicted octanol–water partition coefficient (Wildman–Crippen LogP) is 1.34. The van der Waals surface area contributed by atoms with Gasteiger partial charge in [0.1, 0.15) is 5.82 Å². The third kappa shape index (κ3) is 2.87. The number of fused-ring (bicyclic) bond motifs is 4. The topological polar surface area (TPSA) is 71.3 Å². The predicted molar refractivity (Wildman–Crippen MR) is 99.2 cm³/mol. The number of nitrogens with zero attached hydrogens (tertiary/aromatic N) is 5. The Hall–Kier alpha value is -2.70. The molecule has 0 saturated carbocycles. The number of rotatable bonds is 2. The summed E-state index contributed by atoms with van der Waals surface area (Å²) < 4.78 is 1.87. The summed E-state index contributed by atoms with van der Waals surface area (Å²) in [7, 11) is 3.85. The molecule has 2 bridgehead atoms. The van der Waals surface area contributed by atoms with Gasteiger partial charge in [0.05, 0.1) is 0 Å². The summed E-state index contributed by atoms with van der Waals surface area (Å²) in [4.78, 5) is 37.3. The summed E-state index contributed by atoms with van der Waals surface area (Å²) in [5.41, 5.74) is 1.72. The minimum absolute atomic E-state index is 0.0117.